The van der Waals surface area contributed by atoms with Gasteiger partial charge in [0.1, 0.15) is 5.56 Å². The van der Waals surface area contributed by atoms with E-state index in [0.29, 0.717) is 17.7 Å². The van der Waals surface area contributed by atoms with E-state index in [2.05, 4.69) is 6.92 Å². The molecule has 0 atom stereocenters. The fourth-order valence-electron chi connectivity index (χ4n) is 2.16. The van der Waals surface area contributed by atoms with Crippen LogP contribution in [0, 0.1) is 20.8 Å². The van der Waals surface area contributed by atoms with Gasteiger partial charge < -0.3 is 15.1 Å². The van der Waals surface area contributed by atoms with E-state index in [-0.39, 0.29) is 17.1 Å². The first kappa shape index (κ1) is 17.3. The molecule has 0 fully saturated rings. The number of carboxylic acid groups (broad SMARTS) is 1. The van der Waals surface area contributed by atoms with Gasteiger partial charge in [-0.25, -0.2) is 4.79 Å². The lowest BCUT2D eigenvalue weighted by molar-refractivity contribution is -0.208. The van der Waals surface area contributed by atoms with Crippen molar-refractivity contribution in [2.24, 2.45) is 0 Å². The van der Waals surface area contributed by atoms with Crippen LogP contribution >= 0.6 is 0 Å². The number of aromatic carboxylic acids is 1. The molecule has 1 aromatic rings. The van der Waals surface area contributed by atoms with Crippen molar-refractivity contribution >= 4 is 5.97 Å². The van der Waals surface area contributed by atoms with Gasteiger partial charge in [0.2, 0.25) is 5.75 Å². The second-order valence-electron chi connectivity index (χ2n) is 5.20. The molecule has 1 aromatic carbocycles. The lowest BCUT2D eigenvalue weighted by atomic mass is 9.96. The Balaban J connectivity index is 2.85. The predicted molar refractivity (Wildman–Crippen MR) is 80.0 cm³/mol. The zero-order valence-electron chi connectivity index (χ0n) is 13.2. The standard InChI is InChI=1S/C16H24O5/c1-5-6-7-8-9-20-21-15-12(4)10(2)11(3)13(14(15)17)16(18)19/h17H,5-9H2,1-4H3,(H,18,19). The van der Waals surface area contributed by atoms with Gasteiger partial charge in [-0.3, -0.25) is 0 Å². The van der Waals surface area contributed by atoms with Crippen molar-refractivity contribution < 1.29 is 24.8 Å². The molecule has 0 spiro atoms. The number of carboxylic acids is 1. The van der Waals surface area contributed by atoms with Gasteiger partial charge in [-0.05, 0) is 38.3 Å². The fraction of sp³-hybridized carbons (Fsp3) is 0.562. The van der Waals surface area contributed by atoms with Gasteiger partial charge in [0.05, 0.1) is 6.61 Å². The Morgan fingerprint density at radius 2 is 1.71 bits per heavy atom. The number of hydrogen-bond acceptors (Lipinski definition) is 4. The highest BCUT2D eigenvalue weighted by Gasteiger charge is 2.23. The van der Waals surface area contributed by atoms with Crippen LogP contribution in [-0.2, 0) is 4.89 Å². The van der Waals surface area contributed by atoms with Crippen LogP contribution < -0.4 is 4.89 Å². The molecule has 0 bridgehead atoms. The lowest BCUT2D eigenvalue weighted by Gasteiger charge is -2.16. The average molecular weight is 296 g/mol. The van der Waals surface area contributed by atoms with E-state index in [1.165, 1.54) is 0 Å². The fourth-order valence-corrected chi connectivity index (χ4v) is 2.16. The third kappa shape index (κ3) is 4.11. The number of aromatic hydroxyl groups is 1. The average Bonchev–Trinajstić information content (AvgIpc) is 2.43. The first-order chi connectivity index (χ1) is 9.91. The third-order valence-electron chi connectivity index (χ3n) is 3.73. The zero-order chi connectivity index (χ0) is 16.0. The van der Waals surface area contributed by atoms with Gasteiger partial charge in [-0.2, -0.15) is 4.89 Å². The maximum atomic E-state index is 11.3. The summed E-state index contributed by atoms with van der Waals surface area (Å²) in [6.07, 6.45) is 4.20. The quantitative estimate of drug-likeness (QED) is 0.432. The van der Waals surface area contributed by atoms with Crippen molar-refractivity contribution in [1.82, 2.24) is 0 Å². The van der Waals surface area contributed by atoms with E-state index in [4.69, 9.17) is 9.78 Å². The maximum Gasteiger partial charge on any atom is 0.339 e. The molecule has 0 amide bonds. The number of rotatable bonds is 8. The first-order valence-electron chi connectivity index (χ1n) is 7.27. The van der Waals surface area contributed by atoms with Gasteiger partial charge in [0.15, 0.2) is 5.75 Å². The zero-order valence-corrected chi connectivity index (χ0v) is 13.2. The molecule has 5 heteroatoms. The molecule has 21 heavy (non-hydrogen) atoms. The molecule has 0 radical (unpaired) electrons. The van der Waals surface area contributed by atoms with Crippen molar-refractivity contribution in [2.45, 2.75) is 53.4 Å². The first-order valence-corrected chi connectivity index (χ1v) is 7.27. The molecule has 0 aliphatic rings. The summed E-state index contributed by atoms with van der Waals surface area (Å²) in [4.78, 5) is 21.5. The van der Waals surface area contributed by atoms with Crippen LogP contribution in [0.15, 0.2) is 0 Å². The Hall–Kier alpha value is -1.75. The molecular weight excluding hydrogens is 272 g/mol. The Labute approximate surface area is 125 Å². The molecule has 118 valence electrons. The van der Waals surface area contributed by atoms with Crippen LogP contribution in [0.1, 0.15) is 59.7 Å². The highest BCUT2D eigenvalue weighted by atomic mass is 17.2. The van der Waals surface area contributed by atoms with Crippen LogP contribution in [0.2, 0.25) is 0 Å². The summed E-state index contributed by atoms with van der Waals surface area (Å²) in [5.74, 6) is -1.47. The molecule has 1 rings (SSSR count). The van der Waals surface area contributed by atoms with Crippen molar-refractivity contribution in [1.29, 1.82) is 0 Å². The summed E-state index contributed by atoms with van der Waals surface area (Å²) in [5, 5.41) is 19.3. The number of carbonyl (C=O) groups is 1. The van der Waals surface area contributed by atoms with Crippen molar-refractivity contribution in [3.63, 3.8) is 0 Å². The van der Waals surface area contributed by atoms with Crippen molar-refractivity contribution in [2.75, 3.05) is 6.61 Å². The van der Waals surface area contributed by atoms with E-state index < -0.39 is 5.97 Å². The summed E-state index contributed by atoms with van der Waals surface area (Å²) >= 11 is 0. The van der Waals surface area contributed by atoms with Gasteiger partial charge >= 0.3 is 5.97 Å². The third-order valence-corrected chi connectivity index (χ3v) is 3.73. The Kier molecular flexibility index (Phi) is 6.49. The van der Waals surface area contributed by atoms with Gasteiger partial charge in [0.25, 0.3) is 0 Å². The van der Waals surface area contributed by atoms with Gasteiger partial charge in [-0.15, -0.1) is 0 Å². The van der Waals surface area contributed by atoms with Gasteiger partial charge in [-0.1, -0.05) is 26.2 Å². The van der Waals surface area contributed by atoms with E-state index in [1.807, 2.05) is 0 Å². The maximum absolute atomic E-state index is 11.3. The summed E-state index contributed by atoms with van der Waals surface area (Å²) in [5.41, 5.74) is 1.86. The van der Waals surface area contributed by atoms with E-state index >= 15 is 0 Å². The topological polar surface area (TPSA) is 76.0 Å². The number of benzene rings is 1. The monoisotopic (exact) mass is 296 g/mol. The summed E-state index contributed by atoms with van der Waals surface area (Å²) < 4.78 is 0. The molecule has 0 aromatic heterocycles. The molecule has 0 unspecified atom stereocenters. The molecule has 0 saturated heterocycles. The largest absolute Gasteiger partial charge is 0.504 e. The van der Waals surface area contributed by atoms with Crippen LogP contribution in [0.5, 0.6) is 11.5 Å². The second-order valence-corrected chi connectivity index (χ2v) is 5.20. The number of hydrogen-bond donors (Lipinski definition) is 2. The molecule has 0 saturated carbocycles. The van der Waals surface area contributed by atoms with Crippen LogP contribution in [-0.4, -0.2) is 22.8 Å². The Morgan fingerprint density at radius 3 is 2.29 bits per heavy atom. The minimum atomic E-state index is -1.18. The van der Waals surface area contributed by atoms with E-state index in [9.17, 15) is 15.0 Å². The summed E-state index contributed by atoms with van der Waals surface area (Å²) in [6, 6.07) is 0. The van der Waals surface area contributed by atoms with Gasteiger partial charge in [0, 0.05) is 5.56 Å². The number of unbranched alkanes of at least 4 members (excludes halogenated alkanes) is 3. The van der Waals surface area contributed by atoms with Crippen molar-refractivity contribution in [3.05, 3.63) is 22.3 Å². The normalized spacial score (nSPS) is 10.7. The second kappa shape index (κ2) is 7.88. The predicted octanol–water partition coefficient (Wildman–Crippen LogP) is 3.91. The van der Waals surface area contributed by atoms with Crippen LogP contribution in [0.25, 0.3) is 0 Å². The highest BCUT2D eigenvalue weighted by molar-refractivity contribution is 5.94. The minimum absolute atomic E-state index is 0.0889. The smallest absolute Gasteiger partial charge is 0.339 e. The van der Waals surface area contributed by atoms with Crippen molar-refractivity contribution in [3.8, 4) is 11.5 Å². The Morgan fingerprint density at radius 1 is 1.05 bits per heavy atom. The van der Waals surface area contributed by atoms with Crippen LogP contribution in [0.4, 0.5) is 0 Å². The molecule has 0 aliphatic heterocycles. The number of phenols is 1. The highest BCUT2D eigenvalue weighted by Crippen LogP contribution is 2.38. The molecule has 5 nitrogen and oxygen atoms in total. The van der Waals surface area contributed by atoms with E-state index in [1.54, 1.807) is 20.8 Å². The molecule has 0 heterocycles. The molecule has 0 aliphatic carbocycles. The summed E-state index contributed by atoms with van der Waals surface area (Å²) in [6.45, 7) is 7.77. The molecule has 2 N–H and O–H groups in total. The SMILES string of the molecule is CCCCCCOOc1c(C)c(C)c(C)c(C(=O)O)c1O. The molecular formula is C16H24O5. The summed E-state index contributed by atoms with van der Waals surface area (Å²) in [7, 11) is 0. The minimum Gasteiger partial charge on any atom is -0.504 e. The van der Waals surface area contributed by atoms with Crippen LogP contribution in [0.3, 0.4) is 0 Å². The van der Waals surface area contributed by atoms with E-state index in [0.717, 1.165) is 31.2 Å². The lowest BCUT2D eigenvalue weighted by Crippen LogP contribution is -2.08. The Bertz CT molecular complexity index is 508.